The van der Waals surface area contributed by atoms with Crippen molar-refractivity contribution in [3.8, 4) is 0 Å². The molecule has 1 saturated heterocycles. The molecule has 7 nitrogen and oxygen atoms in total. The average Bonchev–Trinajstić information content (AvgIpc) is 2.85. The Morgan fingerprint density at radius 1 is 1.33 bits per heavy atom. The maximum Gasteiger partial charge on any atom is 0.260 e. The Kier molecular flexibility index (Phi) is 4.39. The lowest BCUT2D eigenvalue weighted by molar-refractivity contribution is 0.123. The van der Waals surface area contributed by atoms with Crippen molar-refractivity contribution in [1.29, 1.82) is 0 Å². The second-order valence-corrected chi connectivity index (χ2v) is 7.93. The molecule has 0 aromatic carbocycles. The van der Waals surface area contributed by atoms with Crippen LogP contribution in [0.5, 0.6) is 0 Å². The highest BCUT2D eigenvalue weighted by Crippen LogP contribution is 2.21. The van der Waals surface area contributed by atoms with Crippen LogP contribution in [0.2, 0.25) is 0 Å². The first-order chi connectivity index (χ1) is 9.67. The number of thiocarbonyl (C=S) groups is 1. The number of hydrogen-bond donors (Lipinski definition) is 1. The summed E-state index contributed by atoms with van der Waals surface area (Å²) in [5.41, 5.74) is 5.36. The fourth-order valence-corrected chi connectivity index (χ4v) is 4.04. The van der Waals surface area contributed by atoms with Crippen molar-refractivity contribution in [1.82, 2.24) is 19.0 Å². The third kappa shape index (κ3) is 2.96. The van der Waals surface area contributed by atoms with Crippen LogP contribution in [0.4, 0.5) is 0 Å². The van der Waals surface area contributed by atoms with Gasteiger partial charge in [-0.25, -0.2) is 8.42 Å². The molecule has 0 spiro atoms. The predicted octanol–water partition coefficient (Wildman–Crippen LogP) is -0.209. The lowest BCUT2D eigenvalue weighted by Gasteiger charge is -2.42. The quantitative estimate of drug-likeness (QED) is 0.769. The van der Waals surface area contributed by atoms with Crippen LogP contribution in [0, 0.1) is 0 Å². The van der Waals surface area contributed by atoms with Gasteiger partial charge in [-0.2, -0.15) is 9.40 Å². The summed E-state index contributed by atoms with van der Waals surface area (Å²) < 4.78 is 28.0. The second-order valence-electron chi connectivity index (χ2n) is 5.61. The van der Waals surface area contributed by atoms with Crippen LogP contribution >= 0.6 is 12.2 Å². The molecular weight excluding hydrogens is 310 g/mol. The van der Waals surface area contributed by atoms with Gasteiger partial charge in [0.25, 0.3) is 10.0 Å². The van der Waals surface area contributed by atoms with E-state index in [1.165, 1.54) is 21.3 Å². The molecule has 1 aliphatic heterocycles. The summed E-state index contributed by atoms with van der Waals surface area (Å²) in [4.78, 5) is 2.54. The van der Waals surface area contributed by atoms with Crippen LogP contribution in [0.15, 0.2) is 17.3 Å². The Bertz CT molecular complexity index is 630. The van der Waals surface area contributed by atoms with Gasteiger partial charge < -0.3 is 5.73 Å². The van der Waals surface area contributed by atoms with Gasteiger partial charge in [-0.1, -0.05) is 12.2 Å². The van der Waals surface area contributed by atoms with Crippen molar-refractivity contribution in [2.24, 2.45) is 12.8 Å². The van der Waals surface area contributed by atoms with E-state index < -0.39 is 15.6 Å². The highest BCUT2D eigenvalue weighted by molar-refractivity contribution is 7.89. The number of rotatable bonds is 4. The Morgan fingerprint density at radius 2 is 1.90 bits per heavy atom. The first-order valence-corrected chi connectivity index (χ1v) is 8.55. The molecule has 21 heavy (non-hydrogen) atoms. The maximum absolute atomic E-state index is 12.6. The van der Waals surface area contributed by atoms with Gasteiger partial charge in [0, 0.05) is 33.2 Å². The van der Waals surface area contributed by atoms with E-state index in [-0.39, 0.29) is 5.03 Å². The molecular formula is C12H21N5O2S2. The maximum atomic E-state index is 12.6. The molecule has 1 aromatic heterocycles. The minimum atomic E-state index is -3.50. The number of piperazine rings is 1. The molecule has 0 aliphatic carbocycles. The van der Waals surface area contributed by atoms with E-state index in [1.807, 2.05) is 13.8 Å². The summed E-state index contributed by atoms with van der Waals surface area (Å²) in [6.45, 7) is 5.95. The molecule has 1 aliphatic rings. The number of aromatic nitrogens is 2. The van der Waals surface area contributed by atoms with Crippen molar-refractivity contribution in [2.45, 2.75) is 24.4 Å². The number of aryl methyl sites for hydroxylation is 1. The smallest absolute Gasteiger partial charge is 0.260 e. The lowest BCUT2D eigenvalue weighted by atomic mass is 10.0. The third-order valence-electron chi connectivity index (χ3n) is 4.01. The van der Waals surface area contributed by atoms with E-state index in [0.29, 0.717) is 31.2 Å². The van der Waals surface area contributed by atoms with Crippen LogP contribution in [-0.4, -0.2) is 64.1 Å². The molecule has 0 saturated carbocycles. The van der Waals surface area contributed by atoms with Gasteiger partial charge in [0.15, 0.2) is 5.03 Å². The molecule has 1 fully saturated rings. The zero-order valence-electron chi connectivity index (χ0n) is 12.5. The van der Waals surface area contributed by atoms with E-state index in [9.17, 15) is 8.42 Å². The minimum absolute atomic E-state index is 0.213. The van der Waals surface area contributed by atoms with E-state index in [0.717, 1.165) is 0 Å². The van der Waals surface area contributed by atoms with Gasteiger partial charge in [-0.05, 0) is 19.9 Å². The van der Waals surface area contributed by atoms with Gasteiger partial charge in [0.05, 0.1) is 16.7 Å². The van der Waals surface area contributed by atoms with E-state index in [4.69, 9.17) is 18.0 Å². The molecule has 0 atom stereocenters. The molecule has 0 radical (unpaired) electrons. The summed E-state index contributed by atoms with van der Waals surface area (Å²) in [5, 5.41) is 4.13. The lowest BCUT2D eigenvalue weighted by Crippen LogP contribution is -2.59. The largest absolute Gasteiger partial charge is 0.392 e. The normalized spacial score (nSPS) is 18.8. The monoisotopic (exact) mass is 331 g/mol. The molecule has 0 amide bonds. The zero-order valence-corrected chi connectivity index (χ0v) is 14.1. The molecule has 2 heterocycles. The average molecular weight is 331 g/mol. The van der Waals surface area contributed by atoms with E-state index in [2.05, 4.69) is 10.00 Å². The number of nitrogens with zero attached hydrogens (tertiary/aromatic N) is 4. The molecule has 1 aromatic rings. The van der Waals surface area contributed by atoms with Crippen molar-refractivity contribution < 1.29 is 8.42 Å². The Labute approximate surface area is 130 Å². The predicted molar refractivity (Wildman–Crippen MR) is 84.4 cm³/mol. The second kappa shape index (κ2) is 5.64. The van der Waals surface area contributed by atoms with Crippen molar-refractivity contribution >= 4 is 27.2 Å². The summed E-state index contributed by atoms with van der Waals surface area (Å²) in [5.74, 6) is 0. The van der Waals surface area contributed by atoms with Crippen molar-refractivity contribution in [2.75, 3.05) is 26.2 Å². The summed E-state index contributed by atoms with van der Waals surface area (Å²) >= 11 is 5.09. The minimum Gasteiger partial charge on any atom is -0.392 e. The van der Waals surface area contributed by atoms with Gasteiger partial charge in [0.2, 0.25) is 0 Å². The van der Waals surface area contributed by atoms with Crippen LogP contribution < -0.4 is 5.73 Å². The van der Waals surface area contributed by atoms with Gasteiger partial charge >= 0.3 is 0 Å². The van der Waals surface area contributed by atoms with Gasteiger partial charge in [0.1, 0.15) is 0 Å². The molecule has 0 unspecified atom stereocenters. The molecule has 9 heteroatoms. The molecule has 0 bridgehead atoms. The zero-order chi connectivity index (χ0) is 15.8. The fourth-order valence-electron chi connectivity index (χ4n) is 2.39. The molecule has 2 N–H and O–H groups in total. The highest BCUT2D eigenvalue weighted by Gasteiger charge is 2.36. The van der Waals surface area contributed by atoms with Crippen LogP contribution in [-0.2, 0) is 17.1 Å². The SMILES string of the molecule is Cn1nccc1S(=O)(=O)N1CCN(C(C)(C)C(N)=S)CC1. The highest BCUT2D eigenvalue weighted by atomic mass is 32.2. The van der Waals surface area contributed by atoms with Crippen LogP contribution in [0.3, 0.4) is 0 Å². The topological polar surface area (TPSA) is 84.5 Å². The summed E-state index contributed by atoms with van der Waals surface area (Å²) in [6, 6.07) is 1.51. The summed E-state index contributed by atoms with van der Waals surface area (Å²) in [6.07, 6.45) is 1.49. The Morgan fingerprint density at radius 3 is 2.33 bits per heavy atom. The van der Waals surface area contributed by atoms with Gasteiger partial charge in [-0.15, -0.1) is 0 Å². The van der Waals surface area contributed by atoms with E-state index in [1.54, 1.807) is 7.05 Å². The van der Waals surface area contributed by atoms with Crippen molar-refractivity contribution in [3.63, 3.8) is 0 Å². The number of nitrogens with two attached hydrogens (primary N) is 1. The fraction of sp³-hybridized carbons (Fsp3) is 0.667. The first-order valence-electron chi connectivity index (χ1n) is 6.70. The number of sulfonamides is 1. The third-order valence-corrected chi connectivity index (χ3v) is 6.49. The van der Waals surface area contributed by atoms with Gasteiger partial charge in [-0.3, -0.25) is 9.58 Å². The van der Waals surface area contributed by atoms with Crippen LogP contribution in [0.25, 0.3) is 0 Å². The first kappa shape index (κ1) is 16.3. The van der Waals surface area contributed by atoms with Crippen LogP contribution in [0.1, 0.15) is 13.8 Å². The summed E-state index contributed by atoms with van der Waals surface area (Å²) in [7, 11) is -1.87. The standard InChI is InChI=1S/C12H21N5O2S2/c1-12(2,11(13)20)16-6-8-17(9-7-16)21(18,19)10-4-5-14-15(10)3/h4-5H,6-9H2,1-3H3,(H2,13,20). The molecule has 118 valence electrons. The Balaban J connectivity index is 2.12. The Hall–Kier alpha value is -1.03. The molecule has 2 rings (SSSR count). The number of hydrogen-bond acceptors (Lipinski definition) is 5. The van der Waals surface area contributed by atoms with E-state index >= 15 is 0 Å². The van der Waals surface area contributed by atoms with Crippen molar-refractivity contribution in [3.05, 3.63) is 12.3 Å².